The summed E-state index contributed by atoms with van der Waals surface area (Å²) in [4.78, 5) is 0. The van der Waals surface area contributed by atoms with Crippen molar-refractivity contribution in [3.05, 3.63) is 35.4 Å². The van der Waals surface area contributed by atoms with E-state index in [1.807, 2.05) is 0 Å². The van der Waals surface area contributed by atoms with Gasteiger partial charge < -0.3 is 5.32 Å². The maximum Gasteiger partial charge on any atom is 0.0346 e. The monoisotopic (exact) mass is 217 g/mol. The topological polar surface area (TPSA) is 12.0 Å². The third-order valence-corrected chi connectivity index (χ3v) is 3.76. The first kappa shape index (κ1) is 11.7. The minimum atomic E-state index is 0.534. The fourth-order valence-electron chi connectivity index (χ4n) is 2.80. The molecule has 1 N–H and O–H groups in total. The molecular formula is C15H23N. The van der Waals surface area contributed by atoms with E-state index in [0.717, 1.165) is 6.54 Å². The Hall–Kier alpha value is -0.820. The average Bonchev–Trinajstić information content (AvgIpc) is 2.27. The highest BCUT2D eigenvalue weighted by Gasteiger charge is 2.29. The molecule has 1 aliphatic heterocycles. The molecule has 0 amide bonds. The molecule has 1 heteroatoms. The van der Waals surface area contributed by atoms with Gasteiger partial charge in [-0.15, -0.1) is 0 Å². The zero-order chi connectivity index (χ0) is 11.7. The number of hydrogen-bond acceptors (Lipinski definition) is 1. The van der Waals surface area contributed by atoms with Gasteiger partial charge in [0.1, 0.15) is 0 Å². The van der Waals surface area contributed by atoms with Crippen LogP contribution in [-0.4, -0.2) is 6.54 Å². The molecule has 0 saturated heterocycles. The average molecular weight is 217 g/mol. The number of fused-ring (bicyclic) bond motifs is 1. The lowest BCUT2D eigenvalue weighted by Gasteiger charge is -2.36. The van der Waals surface area contributed by atoms with Gasteiger partial charge in [0.05, 0.1) is 0 Å². The lowest BCUT2D eigenvalue weighted by Crippen LogP contribution is -2.37. The molecule has 0 radical (unpaired) electrons. The third-order valence-electron chi connectivity index (χ3n) is 3.76. The number of benzene rings is 1. The molecule has 1 heterocycles. The molecule has 2 unspecified atom stereocenters. The van der Waals surface area contributed by atoms with Crippen LogP contribution in [0.3, 0.4) is 0 Å². The molecule has 0 fully saturated rings. The Balaban J connectivity index is 2.40. The van der Waals surface area contributed by atoms with E-state index in [9.17, 15) is 0 Å². The summed E-state index contributed by atoms with van der Waals surface area (Å²) in [6.45, 7) is 10.4. The standard InChI is InChI=1S/C15H23N/c1-10(2)14-9-16-15(11(3)4)13-8-6-5-7-12(13)14/h5-8,10-11,14-16H,9H2,1-4H3. The second-order valence-electron chi connectivity index (χ2n) is 5.61. The van der Waals surface area contributed by atoms with E-state index < -0.39 is 0 Å². The summed E-state index contributed by atoms with van der Waals surface area (Å²) >= 11 is 0. The first-order chi connectivity index (χ1) is 7.61. The normalized spacial score (nSPS) is 24.9. The van der Waals surface area contributed by atoms with Crippen LogP contribution in [0, 0.1) is 11.8 Å². The summed E-state index contributed by atoms with van der Waals surface area (Å²) < 4.78 is 0. The van der Waals surface area contributed by atoms with Crippen LogP contribution in [0.15, 0.2) is 24.3 Å². The van der Waals surface area contributed by atoms with Crippen molar-refractivity contribution in [3.63, 3.8) is 0 Å². The van der Waals surface area contributed by atoms with E-state index in [-0.39, 0.29) is 0 Å². The summed E-state index contributed by atoms with van der Waals surface area (Å²) in [5, 5.41) is 3.71. The highest BCUT2D eigenvalue weighted by atomic mass is 14.9. The largest absolute Gasteiger partial charge is 0.309 e. The third kappa shape index (κ3) is 2.01. The smallest absolute Gasteiger partial charge is 0.0346 e. The van der Waals surface area contributed by atoms with E-state index in [2.05, 4.69) is 57.3 Å². The highest BCUT2D eigenvalue weighted by molar-refractivity contribution is 5.36. The molecule has 16 heavy (non-hydrogen) atoms. The first-order valence-corrected chi connectivity index (χ1v) is 6.43. The van der Waals surface area contributed by atoms with Crippen LogP contribution in [0.5, 0.6) is 0 Å². The van der Waals surface area contributed by atoms with Crippen molar-refractivity contribution in [2.24, 2.45) is 11.8 Å². The van der Waals surface area contributed by atoms with Crippen LogP contribution in [0.2, 0.25) is 0 Å². The van der Waals surface area contributed by atoms with Gasteiger partial charge in [0.25, 0.3) is 0 Å². The van der Waals surface area contributed by atoms with Gasteiger partial charge in [-0.3, -0.25) is 0 Å². The highest BCUT2D eigenvalue weighted by Crippen LogP contribution is 2.36. The molecule has 0 saturated carbocycles. The first-order valence-electron chi connectivity index (χ1n) is 6.43. The molecule has 0 bridgehead atoms. The molecule has 88 valence electrons. The summed E-state index contributed by atoms with van der Waals surface area (Å²) in [5.74, 6) is 2.04. The van der Waals surface area contributed by atoms with E-state index in [0.29, 0.717) is 23.8 Å². The van der Waals surface area contributed by atoms with Gasteiger partial charge in [-0.05, 0) is 28.9 Å². The molecule has 1 aromatic carbocycles. The van der Waals surface area contributed by atoms with Crippen molar-refractivity contribution < 1.29 is 0 Å². The summed E-state index contributed by atoms with van der Waals surface area (Å²) in [6, 6.07) is 9.49. The Labute approximate surface area is 99.3 Å². The van der Waals surface area contributed by atoms with Gasteiger partial charge in [0.2, 0.25) is 0 Å². The molecule has 0 spiro atoms. The second-order valence-corrected chi connectivity index (χ2v) is 5.61. The summed E-state index contributed by atoms with van der Waals surface area (Å²) in [5.41, 5.74) is 3.08. The van der Waals surface area contributed by atoms with E-state index in [1.165, 1.54) is 5.56 Å². The van der Waals surface area contributed by atoms with E-state index in [4.69, 9.17) is 0 Å². The van der Waals surface area contributed by atoms with Gasteiger partial charge in [-0.2, -0.15) is 0 Å². The van der Waals surface area contributed by atoms with Crippen LogP contribution < -0.4 is 5.32 Å². The van der Waals surface area contributed by atoms with Crippen LogP contribution in [-0.2, 0) is 0 Å². The SMILES string of the molecule is CC(C)C1CNC(C(C)C)c2ccccc21. The van der Waals surface area contributed by atoms with Crippen molar-refractivity contribution in [2.45, 2.75) is 39.7 Å². The maximum atomic E-state index is 3.71. The van der Waals surface area contributed by atoms with Crippen LogP contribution >= 0.6 is 0 Å². The predicted octanol–water partition coefficient (Wildman–Crippen LogP) is 3.73. The molecular weight excluding hydrogens is 194 g/mol. The molecule has 1 aromatic rings. The van der Waals surface area contributed by atoms with Gasteiger partial charge >= 0.3 is 0 Å². The predicted molar refractivity (Wildman–Crippen MR) is 69.6 cm³/mol. The number of hydrogen-bond donors (Lipinski definition) is 1. The fourth-order valence-corrected chi connectivity index (χ4v) is 2.80. The molecule has 0 aromatic heterocycles. The molecule has 0 aliphatic carbocycles. The number of nitrogens with one attached hydrogen (secondary N) is 1. The fraction of sp³-hybridized carbons (Fsp3) is 0.600. The second kappa shape index (κ2) is 4.58. The zero-order valence-electron chi connectivity index (χ0n) is 10.8. The van der Waals surface area contributed by atoms with E-state index in [1.54, 1.807) is 5.56 Å². The molecule has 2 atom stereocenters. The van der Waals surface area contributed by atoms with Crippen molar-refractivity contribution in [3.8, 4) is 0 Å². The van der Waals surface area contributed by atoms with Gasteiger partial charge in [-0.1, -0.05) is 52.0 Å². The minimum Gasteiger partial charge on any atom is -0.309 e. The summed E-state index contributed by atoms with van der Waals surface area (Å²) in [7, 11) is 0. The lowest BCUT2D eigenvalue weighted by atomic mass is 9.78. The maximum absolute atomic E-state index is 3.71. The Morgan fingerprint density at radius 2 is 1.62 bits per heavy atom. The van der Waals surface area contributed by atoms with E-state index >= 15 is 0 Å². The Bertz CT molecular complexity index is 319. The quantitative estimate of drug-likeness (QED) is 0.796. The van der Waals surface area contributed by atoms with Crippen LogP contribution in [0.4, 0.5) is 0 Å². The Morgan fingerprint density at radius 1 is 1.00 bits per heavy atom. The van der Waals surface area contributed by atoms with Crippen molar-refractivity contribution >= 4 is 0 Å². The van der Waals surface area contributed by atoms with Gasteiger partial charge in [-0.25, -0.2) is 0 Å². The Morgan fingerprint density at radius 3 is 2.19 bits per heavy atom. The molecule has 2 rings (SSSR count). The zero-order valence-corrected chi connectivity index (χ0v) is 10.8. The number of rotatable bonds is 2. The summed E-state index contributed by atoms with van der Waals surface area (Å²) in [6.07, 6.45) is 0. The van der Waals surface area contributed by atoms with Crippen molar-refractivity contribution in [1.82, 2.24) is 5.32 Å². The minimum absolute atomic E-state index is 0.534. The molecule has 1 nitrogen and oxygen atoms in total. The van der Waals surface area contributed by atoms with Crippen LogP contribution in [0.25, 0.3) is 0 Å². The Kier molecular flexibility index (Phi) is 3.34. The lowest BCUT2D eigenvalue weighted by molar-refractivity contribution is 0.338. The molecule has 1 aliphatic rings. The van der Waals surface area contributed by atoms with Crippen molar-refractivity contribution in [1.29, 1.82) is 0 Å². The van der Waals surface area contributed by atoms with Gasteiger partial charge in [0, 0.05) is 12.6 Å². The van der Waals surface area contributed by atoms with Crippen LogP contribution in [0.1, 0.15) is 50.8 Å². The van der Waals surface area contributed by atoms with Crippen molar-refractivity contribution in [2.75, 3.05) is 6.54 Å². The van der Waals surface area contributed by atoms with Gasteiger partial charge in [0.15, 0.2) is 0 Å².